The predicted molar refractivity (Wildman–Crippen MR) is 133 cm³/mol. The number of oxime groups is 1. The minimum Gasteiger partial charge on any atom is -0.465 e. The molecule has 1 atom stereocenters. The monoisotopic (exact) mass is 578 g/mol. The van der Waals surface area contributed by atoms with Crippen LogP contribution in [0.3, 0.4) is 0 Å². The molecule has 0 heterocycles. The van der Waals surface area contributed by atoms with E-state index in [1.165, 1.54) is 26.2 Å². The Morgan fingerprint density at radius 3 is 2.50 bits per heavy atom. The molecule has 0 aromatic heterocycles. The topological polar surface area (TPSA) is 127 Å². The average Bonchev–Trinajstić information content (AvgIpc) is 2.85. The van der Waals surface area contributed by atoms with Crippen LogP contribution in [-0.2, 0) is 30.1 Å². The highest BCUT2D eigenvalue weighted by molar-refractivity contribution is 8.14. The first-order valence-electron chi connectivity index (χ1n) is 10.7. The van der Waals surface area contributed by atoms with Gasteiger partial charge in [-0.15, -0.1) is 0 Å². The Bertz CT molecular complexity index is 1210. The van der Waals surface area contributed by atoms with Gasteiger partial charge in [0, 0.05) is 13.2 Å². The molecular weight excluding hydrogens is 557 g/mol. The number of carbonyl (C=O) groups is 2. The Balaban J connectivity index is 2.32. The smallest absolute Gasteiger partial charge is 0.416 e. The number of halogens is 4. The van der Waals surface area contributed by atoms with Crippen LogP contribution in [0.25, 0.3) is 0 Å². The number of thioether (sulfide) groups is 1. The van der Waals surface area contributed by atoms with Gasteiger partial charge in [-0.3, -0.25) is 19.7 Å². The van der Waals surface area contributed by atoms with E-state index in [4.69, 9.17) is 30.6 Å². The van der Waals surface area contributed by atoms with Crippen molar-refractivity contribution in [2.75, 3.05) is 26.1 Å². The lowest BCUT2D eigenvalue weighted by molar-refractivity contribution is -0.385. The number of benzene rings is 2. The zero-order valence-corrected chi connectivity index (χ0v) is 21.8. The van der Waals surface area contributed by atoms with Gasteiger partial charge in [0.05, 0.1) is 40.0 Å². The van der Waals surface area contributed by atoms with Crippen molar-refractivity contribution < 1.29 is 46.7 Å². The van der Waals surface area contributed by atoms with E-state index in [9.17, 15) is 32.9 Å². The summed E-state index contributed by atoms with van der Waals surface area (Å²) in [4.78, 5) is 39.8. The summed E-state index contributed by atoms with van der Waals surface area (Å²) in [5.41, 5.74) is -1.57. The highest BCUT2D eigenvalue weighted by Crippen LogP contribution is 2.37. The number of hydrogen-bond acceptors (Lipinski definition) is 10. The quantitative estimate of drug-likeness (QED) is 0.136. The number of nitro groups is 1. The molecule has 0 amide bonds. The summed E-state index contributed by atoms with van der Waals surface area (Å²) >= 11 is 6.60. The maximum Gasteiger partial charge on any atom is 0.416 e. The summed E-state index contributed by atoms with van der Waals surface area (Å²) < 4.78 is 54.1. The van der Waals surface area contributed by atoms with Crippen molar-refractivity contribution in [3.63, 3.8) is 0 Å². The molecule has 206 valence electrons. The molecule has 38 heavy (non-hydrogen) atoms. The third kappa shape index (κ3) is 8.89. The van der Waals surface area contributed by atoms with E-state index in [1.54, 1.807) is 6.92 Å². The van der Waals surface area contributed by atoms with Gasteiger partial charge in [0.15, 0.2) is 6.10 Å². The molecule has 1 unspecified atom stereocenters. The van der Waals surface area contributed by atoms with Crippen molar-refractivity contribution in [2.45, 2.75) is 26.1 Å². The van der Waals surface area contributed by atoms with Crippen LogP contribution in [0.15, 0.2) is 41.6 Å². The summed E-state index contributed by atoms with van der Waals surface area (Å²) in [6.45, 7) is 2.88. The Labute approximate surface area is 224 Å². The molecule has 0 fully saturated rings. The molecule has 0 aliphatic heterocycles. The van der Waals surface area contributed by atoms with E-state index in [-0.39, 0.29) is 46.8 Å². The SMILES string of the molecule is CCOC(=O)CSC(=O)C(C)ON=C(COC)c1cc(Oc2ccc(C(F)(F)F)cc2Cl)ccc1[N+](=O)[O-]. The number of hydrogen-bond donors (Lipinski definition) is 0. The molecule has 0 aliphatic rings. The minimum absolute atomic E-state index is 0.00909. The van der Waals surface area contributed by atoms with Crippen molar-refractivity contribution in [1.29, 1.82) is 0 Å². The van der Waals surface area contributed by atoms with Crippen molar-refractivity contribution in [3.05, 3.63) is 62.7 Å². The second-order valence-electron chi connectivity index (χ2n) is 7.31. The fourth-order valence-electron chi connectivity index (χ4n) is 2.78. The van der Waals surface area contributed by atoms with Crippen LogP contribution in [0.2, 0.25) is 5.02 Å². The van der Waals surface area contributed by atoms with E-state index >= 15 is 0 Å². The average molecular weight is 579 g/mol. The molecule has 10 nitrogen and oxygen atoms in total. The van der Waals surface area contributed by atoms with Gasteiger partial charge < -0.3 is 19.0 Å². The second kappa shape index (κ2) is 14.0. The van der Waals surface area contributed by atoms with Gasteiger partial charge in [0.2, 0.25) is 5.12 Å². The summed E-state index contributed by atoms with van der Waals surface area (Å²) in [7, 11) is 1.30. The van der Waals surface area contributed by atoms with E-state index in [0.29, 0.717) is 17.8 Å². The number of esters is 1. The maximum atomic E-state index is 12.9. The van der Waals surface area contributed by atoms with Crippen LogP contribution in [0.4, 0.5) is 18.9 Å². The molecule has 0 saturated heterocycles. The van der Waals surface area contributed by atoms with E-state index in [0.717, 1.165) is 18.2 Å². The highest BCUT2D eigenvalue weighted by Gasteiger charge is 2.31. The predicted octanol–water partition coefficient (Wildman–Crippen LogP) is 5.64. The largest absolute Gasteiger partial charge is 0.465 e. The Kier molecular flexibility index (Phi) is 11.4. The molecule has 0 aliphatic carbocycles. The molecule has 15 heteroatoms. The van der Waals surface area contributed by atoms with Crippen molar-refractivity contribution in [1.82, 2.24) is 0 Å². The first-order valence-corrected chi connectivity index (χ1v) is 12.1. The lowest BCUT2D eigenvalue weighted by Gasteiger charge is -2.13. The number of methoxy groups -OCH3 is 1. The van der Waals surface area contributed by atoms with Gasteiger partial charge in [0.25, 0.3) is 5.69 Å². The zero-order valence-electron chi connectivity index (χ0n) is 20.2. The van der Waals surface area contributed by atoms with Gasteiger partial charge in [-0.05, 0) is 44.2 Å². The highest BCUT2D eigenvalue weighted by atomic mass is 35.5. The Morgan fingerprint density at radius 1 is 1.21 bits per heavy atom. The molecule has 2 aromatic rings. The lowest BCUT2D eigenvalue weighted by Crippen LogP contribution is -2.20. The number of nitro benzene ring substituents is 1. The molecule has 0 bridgehead atoms. The molecule has 0 N–H and O–H groups in total. The van der Waals surface area contributed by atoms with Crippen LogP contribution >= 0.6 is 23.4 Å². The van der Waals surface area contributed by atoms with Crippen LogP contribution < -0.4 is 4.74 Å². The van der Waals surface area contributed by atoms with Crippen LogP contribution in [0, 0.1) is 10.1 Å². The van der Waals surface area contributed by atoms with Gasteiger partial charge in [0.1, 0.15) is 17.2 Å². The van der Waals surface area contributed by atoms with E-state index in [1.807, 2.05) is 0 Å². The van der Waals surface area contributed by atoms with Gasteiger partial charge in [-0.1, -0.05) is 28.5 Å². The standard InChI is InChI=1S/C23H22ClF3N2O8S/c1-4-35-21(30)12-38-22(31)13(2)37-28-18(11-34-3)16-10-15(6-7-19(16)29(32)33)36-20-8-5-14(9-17(20)24)23(25,26)27/h5-10,13H,4,11-12H2,1-3H3. The molecule has 0 radical (unpaired) electrons. The number of rotatable bonds is 12. The summed E-state index contributed by atoms with van der Waals surface area (Å²) in [6.07, 6.45) is -5.74. The Hall–Kier alpha value is -3.36. The summed E-state index contributed by atoms with van der Waals surface area (Å²) in [5, 5.41) is 14.6. The van der Waals surface area contributed by atoms with E-state index in [2.05, 4.69) is 5.16 Å². The van der Waals surface area contributed by atoms with Crippen molar-refractivity contribution in [2.24, 2.45) is 5.16 Å². The van der Waals surface area contributed by atoms with Gasteiger partial charge in [-0.2, -0.15) is 13.2 Å². The first-order chi connectivity index (χ1) is 17.9. The fraction of sp³-hybridized carbons (Fsp3) is 0.348. The van der Waals surface area contributed by atoms with Gasteiger partial charge in [-0.25, -0.2) is 0 Å². The maximum absolute atomic E-state index is 12.9. The molecule has 0 spiro atoms. The summed E-state index contributed by atoms with van der Waals surface area (Å²) in [6, 6.07) is 6.00. The number of nitrogens with zero attached hydrogens (tertiary/aromatic N) is 2. The van der Waals surface area contributed by atoms with Crippen LogP contribution in [-0.4, -0.2) is 53.9 Å². The molecule has 2 rings (SSSR count). The minimum atomic E-state index is -4.61. The number of carbonyl (C=O) groups excluding carboxylic acids is 2. The fourth-order valence-corrected chi connectivity index (χ4v) is 3.62. The molecule has 0 saturated carbocycles. The normalized spacial score (nSPS) is 12.6. The number of alkyl halides is 3. The van der Waals surface area contributed by atoms with Gasteiger partial charge >= 0.3 is 12.1 Å². The zero-order chi connectivity index (χ0) is 28.5. The van der Waals surface area contributed by atoms with E-state index < -0.39 is 39.5 Å². The lowest BCUT2D eigenvalue weighted by atomic mass is 10.1. The third-order valence-electron chi connectivity index (χ3n) is 4.53. The molecular formula is C23H22ClF3N2O8S. The first kappa shape index (κ1) is 30.9. The Morgan fingerprint density at radius 2 is 1.92 bits per heavy atom. The second-order valence-corrected chi connectivity index (χ2v) is 8.70. The molecule has 2 aromatic carbocycles. The van der Waals surface area contributed by atoms with Crippen molar-refractivity contribution in [3.8, 4) is 11.5 Å². The van der Waals surface area contributed by atoms with Crippen molar-refractivity contribution >= 4 is 45.8 Å². The number of ether oxygens (including phenoxy) is 3. The third-order valence-corrected chi connectivity index (χ3v) is 5.83. The van der Waals surface area contributed by atoms with Crippen LogP contribution in [0.1, 0.15) is 25.0 Å². The summed E-state index contributed by atoms with van der Waals surface area (Å²) in [5.74, 6) is -0.946. The van der Waals surface area contributed by atoms with Crippen LogP contribution in [0.5, 0.6) is 11.5 Å².